The molecule has 0 amide bonds. The van der Waals surface area contributed by atoms with Crippen molar-refractivity contribution in [2.75, 3.05) is 11.5 Å². The van der Waals surface area contributed by atoms with Gasteiger partial charge in [0.2, 0.25) is 0 Å². The maximum absolute atomic E-state index is 11.8. The molecule has 3 rings (SSSR count). The molecule has 108 valence electrons. The van der Waals surface area contributed by atoms with Crippen LogP contribution in [0.3, 0.4) is 0 Å². The average Bonchev–Trinajstić information content (AvgIpc) is 2.45. The Hall–Kier alpha value is -1.51. The van der Waals surface area contributed by atoms with E-state index >= 15 is 0 Å². The normalized spacial score (nSPS) is 25.6. The summed E-state index contributed by atoms with van der Waals surface area (Å²) >= 11 is 0. The Balaban J connectivity index is 1.76. The smallest absolute Gasteiger partial charge is 0.137 e. The van der Waals surface area contributed by atoms with Gasteiger partial charge in [-0.2, -0.15) is 0 Å². The zero-order chi connectivity index (χ0) is 13.9. The van der Waals surface area contributed by atoms with Crippen LogP contribution >= 0.6 is 0 Å². The summed E-state index contributed by atoms with van der Waals surface area (Å²) < 4.78 is 5.64. The number of anilines is 1. The molecule has 2 unspecified atom stereocenters. The lowest BCUT2D eigenvalue weighted by molar-refractivity contribution is -0.121. The lowest BCUT2D eigenvalue weighted by Gasteiger charge is -2.47. The Bertz CT molecular complexity index is 452. The van der Waals surface area contributed by atoms with E-state index in [-0.39, 0.29) is 0 Å². The standard InChI is InChI=1S/C17H23NO2/c1-2-10-20-17-8-6-13(7-9-17)18-14-4-3-5-15(18)12-16(19)11-14/h6-9,14-15H,2-5,10-12H2,1H3. The first-order chi connectivity index (χ1) is 9.78. The molecule has 2 aliphatic heterocycles. The van der Waals surface area contributed by atoms with Crippen molar-refractivity contribution in [3.63, 3.8) is 0 Å². The summed E-state index contributed by atoms with van der Waals surface area (Å²) in [7, 11) is 0. The topological polar surface area (TPSA) is 29.5 Å². The molecular weight excluding hydrogens is 250 g/mol. The first kappa shape index (κ1) is 13.5. The minimum atomic E-state index is 0.414. The van der Waals surface area contributed by atoms with Crippen LogP contribution in [0.1, 0.15) is 45.4 Å². The molecule has 0 radical (unpaired) electrons. The van der Waals surface area contributed by atoms with E-state index in [0.717, 1.165) is 44.5 Å². The summed E-state index contributed by atoms with van der Waals surface area (Å²) in [5.41, 5.74) is 1.25. The Morgan fingerprint density at radius 2 is 1.80 bits per heavy atom. The summed E-state index contributed by atoms with van der Waals surface area (Å²) in [4.78, 5) is 14.3. The van der Waals surface area contributed by atoms with Crippen LogP contribution < -0.4 is 9.64 Å². The highest BCUT2D eigenvalue weighted by molar-refractivity contribution is 5.82. The number of Topliss-reactive ketones (excluding diaryl/α,β-unsaturated/α-hetero) is 1. The quantitative estimate of drug-likeness (QED) is 0.840. The third-order valence-electron chi connectivity index (χ3n) is 4.40. The molecule has 0 aliphatic carbocycles. The van der Waals surface area contributed by atoms with E-state index in [1.165, 1.54) is 12.1 Å². The first-order valence-electron chi connectivity index (χ1n) is 7.81. The van der Waals surface area contributed by atoms with Gasteiger partial charge >= 0.3 is 0 Å². The molecule has 1 aromatic carbocycles. The predicted octanol–water partition coefficient (Wildman–Crippen LogP) is 3.57. The van der Waals surface area contributed by atoms with Crippen molar-refractivity contribution in [3.05, 3.63) is 24.3 Å². The van der Waals surface area contributed by atoms with Gasteiger partial charge in [0.1, 0.15) is 11.5 Å². The fourth-order valence-corrected chi connectivity index (χ4v) is 3.53. The van der Waals surface area contributed by atoms with Gasteiger partial charge in [0.25, 0.3) is 0 Å². The van der Waals surface area contributed by atoms with Crippen LogP contribution in [0.5, 0.6) is 5.75 Å². The highest BCUT2D eigenvalue weighted by Crippen LogP contribution is 2.36. The molecule has 1 aromatic rings. The van der Waals surface area contributed by atoms with Crippen molar-refractivity contribution in [2.45, 2.75) is 57.5 Å². The second kappa shape index (κ2) is 5.86. The minimum Gasteiger partial charge on any atom is -0.494 e. The van der Waals surface area contributed by atoms with Gasteiger partial charge in [0.15, 0.2) is 0 Å². The molecule has 2 fully saturated rings. The molecule has 0 spiro atoms. The minimum absolute atomic E-state index is 0.414. The van der Waals surface area contributed by atoms with Crippen molar-refractivity contribution in [1.29, 1.82) is 0 Å². The number of benzene rings is 1. The fourth-order valence-electron chi connectivity index (χ4n) is 3.53. The number of ether oxygens (including phenoxy) is 1. The largest absolute Gasteiger partial charge is 0.494 e. The molecule has 3 heteroatoms. The number of ketones is 1. The van der Waals surface area contributed by atoms with Gasteiger partial charge in [-0.15, -0.1) is 0 Å². The van der Waals surface area contributed by atoms with Crippen LogP contribution in [0.25, 0.3) is 0 Å². The first-order valence-corrected chi connectivity index (χ1v) is 7.81. The molecular formula is C17H23NO2. The van der Waals surface area contributed by atoms with Crippen LogP contribution in [-0.4, -0.2) is 24.5 Å². The maximum atomic E-state index is 11.8. The van der Waals surface area contributed by atoms with Gasteiger partial charge in [0, 0.05) is 30.6 Å². The molecule has 0 aromatic heterocycles. The number of rotatable bonds is 4. The van der Waals surface area contributed by atoms with Crippen LogP contribution in [0.4, 0.5) is 5.69 Å². The van der Waals surface area contributed by atoms with Gasteiger partial charge in [-0.05, 0) is 49.9 Å². The van der Waals surface area contributed by atoms with Crippen molar-refractivity contribution < 1.29 is 9.53 Å². The lowest BCUT2D eigenvalue weighted by atomic mass is 9.83. The number of nitrogens with zero attached hydrogens (tertiary/aromatic N) is 1. The Morgan fingerprint density at radius 3 is 2.40 bits per heavy atom. The Morgan fingerprint density at radius 1 is 1.15 bits per heavy atom. The number of piperidine rings is 2. The molecule has 0 N–H and O–H groups in total. The number of carbonyl (C=O) groups is 1. The average molecular weight is 273 g/mol. The van der Waals surface area contributed by atoms with Crippen molar-refractivity contribution in [1.82, 2.24) is 0 Å². The molecule has 2 bridgehead atoms. The molecule has 2 heterocycles. The van der Waals surface area contributed by atoms with Crippen LogP contribution in [0, 0.1) is 0 Å². The Kier molecular flexibility index (Phi) is 3.95. The maximum Gasteiger partial charge on any atom is 0.137 e. The zero-order valence-electron chi connectivity index (χ0n) is 12.2. The number of hydrogen-bond donors (Lipinski definition) is 0. The summed E-state index contributed by atoms with van der Waals surface area (Å²) in [6.45, 7) is 2.88. The zero-order valence-corrected chi connectivity index (χ0v) is 12.2. The van der Waals surface area contributed by atoms with Crippen molar-refractivity contribution >= 4 is 11.5 Å². The van der Waals surface area contributed by atoms with Gasteiger partial charge in [-0.3, -0.25) is 4.79 Å². The third kappa shape index (κ3) is 2.67. The highest BCUT2D eigenvalue weighted by Gasteiger charge is 2.37. The molecule has 2 aliphatic rings. The molecule has 3 nitrogen and oxygen atoms in total. The summed E-state index contributed by atoms with van der Waals surface area (Å²) in [5, 5.41) is 0. The Labute approximate surface area is 120 Å². The fraction of sp³-hybridized carbons (Fsp3) is 0.588. The second-order valence-corrected chi connectivity index (χ2v) is 5.94. The molecule has 2 saturated heterocycles. The van der Waals surface area contributed by atoms with Crippen molar-refractivity contribution in [3.8, 4) is 5.75 Å². The number of fused-ring (bicyclic) bond motifs is 2. The van der Waals surface area contributed by atoms with Crippen LogP contribution in [0.15, 0.2) is 24.3 Å². The predicted molar refractivity (Wildman–Crippen MR) is 80.4 cm³/mol. The second-order valence-electron chi connectivity index (χ2n) is 5.94. The summed E-state index contributed by atoms with van der Waals surface area (Å²) in [6, 6.07) is 9.22. The highest BCUT2D eigenvalue weighted by atomic mass is 16.5. The summed E-state index contributed by atoms with van der Waals surface area (Å²) in [5.74, 6) is 1.38. The van der Waals surface area contributed by atoms with Gasteiger partial charge in [-0.25, -0.2) is 0 Å². The molecule has 2 atom stereocenters. The summed E-state index contributed by atoms with van der Waals surface area (Å²) in [6.07, 6.45) is 6.04. The SMILES string of the molecule is CCCOc1ccc(N2C3CCCC2CC(=O)C3)cc1. The van der Waals surface area contributed by atoms with Gasteiger partial charge < -0.3 is 9.64 Å². The van der Waals surface area contributed by atoms with Gasteiger partial charge in [-0.1, -0.05) is 6.92 Å². The number of hydrogen-bond acceptors (Lipinski definition) is 3. The molecule has 0 saturated carbocycles. The monoisotopic (exact) mass is 273 g/mol. The van der Waals surface area contributed by atoms with Crippen LogP contribution in [0.2, 0.25) is 0 Å². The third-order valence-corrected chi connectivity index (χ3v) is 4.40. The van der Waals surface area contributed by atoms with E-state index in [1.54, 1.807) is 0 Å². The van der Waals surface area contributed by atoms with E-state index in [4.69, 9.17) is 4.74 Å². The molecule has 20 heavy (non-hydrogen) atoms. The van der Waals surface area contributed by atoms with E-state index in [1.807, 2.05) is 0 Å². The number of carbonyl (C=O) groups excluding carboxylic acids is 1. The van der Waals surface area contributed by atoms with Gasteiger partial charge in [0.05, 0.1) is 6.61 Å². The lowest BCUT2D eigenvalue weighted by Crippen LogP contribution is -2.52. The van der Waals surface area contributed by atoms with E-state index < -0.39 is 0 Å². The van der Waals surface area contributed by atoms with Crippen LogP contribution in [-0.2, 0) is 4.79 Å². The van der Waals surface area contributed by atoms with E-state index in [2.05, 4.69) is 36.1 Å². The van der Waals surface area contributed by atoms with E-state index in [0.29, 0.717) is 17.9 Å². The van der Waals surface area contributed by atoms with Crippen molar-refractivity contribution in [2.24, 2.45) is 0 Å². The van der Waals surface area contributed by atoms with E-state index in [9.17, 15) is 4.79 Å².